The number of hydrogen-bond acceptors (Lipinski definition) is 2. The van der Waals surface area contributed by atoms with Crippen molar-refractivity contribution in [2.45, 2.75) is 13.3 Å². The number of benzene rings is 1. The van der Waals surface area contributed by atoms with Gasteiger partial charge in [-0.25, -0.2) is 0 Å². The molecule has 0 saturated carbocycles. The summed E-state index contributed by atoms with van der Waals surface area (Å²) in [6.45, 7) is 1.92. The molecule has 0 fully saturated rings. The topological polar surface area (TPSA) is 42.0 Å². The van der Waals surface area contributed by atoms with Gasteiger partial charge in [0.2, 0.25) is 5.91 Å². The summed E-state index contributed by atoms with van der Waals surface area (Å²) < 4.78 is 0.848. The van der Waals surface area contributed by atoms with Crippen LogP contribution in [-0.2, 0) is 11.2 Å². The Morgan fingerprint density at radius 1 is 1.32 bits per heavy atom. The van der Waals surface area contributed by atoms with Gasteiger partial charge >= 0.3 is 0 Å². The predicted octanol–water partition coefficient (Wildman–Crippen LogP) is 3.66. The van der Waals surface area contributed by atoms with Crippen LogP contribution in [0.5, 0.6) is 0 Å². The Morgan fingerprint density at radius 3 is 2.74 bits per heavy atom. The molecule has 2 aromatic rings. The Labute approximate surface area is 121 Å². The first-order valence-corrected chi connectivity index (χ1v) is 6.90. The molecule has 1 N–H and O–H groups in total. The van der Waals surface area contributed by atoms with Gasteiger partial charge in [-0.2, -0.15) is 0 Å². The summed E-state index contributed by atoms with van der Waals surface area (Å²) in [5.41, 5.74) is 1.87. The highest BCUT2D eigenvalue weighted by Crippen LogP contribution is 2.15. The lowest BCUT2D eigenvalue weighted by Gasteiger charge is -2.12. The Morgan fingerprint density at radius 2 is 2.05 bits per heavy atom. The third-order valence-electron chi connectivity index (χ3n) is 2.80. The molecular weight excluding hydrogens is 304 g/mol. The Hall–Kier alpha value is -1.68. The van der Waals surface area contributed by atoms with E-state index in [4.69, 9.17) is 0 Å². The smallest absolute Gasteiger partial charge is 0.227 e. The van der Waals surface area contributed by atoms with Crippen molar-refractivity contribution in [2.75, 3.05) is 5.32 Å². The van der Waals surface area contributed by atoms with Crippen molar-refractivity contribution < 1.29 is 4.79 Å². The van der Waals surface area contributed by atoms with Crippen LogP contribution in [0.15, 0.2) is 53.3 Å². The molecule has 2 rings (SSSR count). The number of carbonyl (C=O) groups is 1. The number of aromatic nitrogens is 1. The molecule has 1 amide bonds. The molecule has 0 aliphatic rings. The lowest BCUT2D eigenvalue weighted by Crippen LogP contribution is -2.22. The molecule has 98 valence electrons. The fourth-order valence-corrected chi connectivity index (χ4v) is 2.17. The average Bonchev–Trinajstić information content (AvgIpc) is 2.40. The number of hydrogen-bond donors (Lipinski definition) is 1. The molecule has 1 unspecified atom stereocenters. The Bertz CT molecular complexity index is 557. The molecule has 0 spiro atoms. The van der Waals surface area contributed by atoms with Gasteiger partial charge in [0.25, 0.3) is 0 Å². The van der Waals surface area contributed by atoms with E-state index in [0.717, 1.165) is 16.5 Å². The van der Waals surface area contributed by atoms with Crippen LogP contribution in [-0.4, -0.2) is 10.9 Å². The highest BCUT2D eigenvalue weighted by Gasteiger charge is 2.13. The minimum Gasteiger partial charge on any atom is -0.324 e. The van der Waals surface area contributed by atoms with Crippen LogP contribution in [0, 0.1) is 5.92 Å². The van der Waals surface area contributed by atoms with Crippen molar-refractivity contribution in [3.63, 3.8) is 0 Å². The second-order valence-electron chi connectivity index (χ2n) is 4.47. The van der Waals surface area contributed by atoms with Gasteiger partial charge in [0.15, 0.2) is 0 Å². The van der Waals surface area contributed by atoms with Crippen LogP contribution in [0.25, 0.3) is 0 Å². The summed E-state index contributed by atoms with van der Waals surface area (Å²) in [7, 11) is 0. The van der Waals surface area contributed by atoms with Gasteiger partial charge in [0.1, 0.15) is 0 Å². The second kappa shape index (κ2) is 6.48. The van der Waals surface area contributed by atoms with Crippen LogP contribution in [0.3, 0.4) is 0 Å². The SMILES string of the molecule is CC(Cc1ccccc1)C(=O)Nc1cncc(Br)c1. The highest BCUT2D eigenvalue weighted by atomic mass is 79.9. The van der Waals surface area contributed by atoms with E-state index in [9.17, 15) is 4.79 Å². The first kappa shape index (κ1) is 13.7. The van der Waals surface area contributed by atoms with E-state index in [1.807, 2.05) is 43.3 Å². The highest BCUT2D eigenvalue weighted by molar-refractivity contribution is 9.10. The van der Waals surface area contributed by atoms with E-state index in [-0.39, 0.29) is 11.8 Å². The zero-order valence-corrected chi connectivity index (χ0v) is 12.2. The lowest BCUT2D eigenvalue weighted by molar-refractivity contribution is -0.119. The number of nitrogens with zero attached hydrogens (tertiary/aromatic N) is 1. The zero-order valence-electron chi connectivity index (χ0n) is 10.6. The first-order valence-electron chi connectivity index (χ1n) is 6.10. The molecule has 1 heterocycles. The number of pyridine rings is 1. The van der Waals surface area contributed by atoms with Crippen molar-refractivity contribution in [2.24, 2.45) is 5.92 Å². The van der Waals surface area contributed by atoms with Gasteiger partial charge < -0.3 is 5.32 Å². The van der Waals surface area contributed by atoms with Gasteiger partial charge in [0, 0.05) is 16.6 Å². The molecule has 0 bridgehead atoms. The minimum atomic E-state index is -0.0821. The van der Waals surface area contributed by atoms with Gasteiger partial charge in [-0.15, -0.1) is 0 Å². The summed E-state index contributed by atoms with van der Waals surface area (Å²) >= 11 is 3.33. The van der Waals surface area contributed by atoms with Crippen LogP contribution < -0.4 is 5.32 Å². The van der Waals surface area contributed by atoms with E-state index < -0.39 is 0 Å². The maximum atomic E-state index is 12.1. The predicted molar refractivity (Wildman–Crippen MR) is 79.9 cm³/mol. The molecule has 0 radical (unpaired) electrons. The normalized spacial score (nSPS) is 11.9. The van der Waals surface area contributed by atoms with Gasteiger partial charge in [-0.3, -0.25) is 9.78 Å². The Balaban J connectivity index is 1.96. The summed E-state index contributed by atoms with van der Waals surface area (Å²) in [4.78, 5) is 16.1. The average molecular weight is 319 g/mol. The molecule has 3 nitrogen and oxygen atoms in total. The van der Waals surface area contributed by atoms with E-state index in [1.54, 1.807) is 12.4 Å². The van der Waals surface area contributed by atoms with Crippen LogP contribution in [0.4, 0.5) is 5.69 Å². The lowest BCUT2D eigenvalue weighted by atomic mass is 10.0. The standard InChI is InChI=1S/C15H15BrN2O/c1-11(7-12-5-3-2-4-6-12)15(19)18-14-8-13(16)9-17-10-14/h2-6,8-11H,7H2,1H3,(H,18,19). The number of rotatable bonds is 4. The number of nitrogens with one attached hydrogen (secondary N) is 1. The van der Waals surface area contributed by atoms with Gasteiger partial charge in [-0.05, 0) is 34.0 Å². The van der Waals surface area contributed by atoms with E-state index in [1.165, 1.54) is 0 Å². The number of anilines is 1. The summed E-state index contributed by atoms with van der Waals surface area (Å²) in [6, 6.07) is 11.8. The maximum absolute atomic E-state index is 12.1. The third-order valence-corrected chi connectivity index (χ3v) is 3.24. The van der Waals surface area contributed by atoms with Crippen molar-refractivity contribution in [3.05, 3.63) is 58.8 Å². The molecule has 0 saturated heterocycles. The summed E-state index contributed by atoms with van der Waals surface area (Å²) in [5, 5.41) is 2.87. The number of amides is 1. The number of halogens is 1. The third kappa shape index (κ3) is 4.17. The molecule has 1 atom stereocenters. The first-order chi connectivity index (χ1) is 9.15. The summed E-state index contributed by atoms with van der Waals surface area (Å²) in [5.74, 6) is -0.0786. The molecule has 0 aliphatic carbocycles. The molecule has 1 aromatic heterocycles. The zero-order chi connectivity index (χ0) is 13.7. The molecule has 4 heteroatoms. The largest absolute Gasteiger partial charge is 0.324 e. The molecule has 0 aliphatic heterocycles. The van der Waals surface area contributed by atoms with Crippen molar-refractivity contribution >= 4 is 27.5 Å². The van der Waals surface area contributed by atoms with E-state index >= 15 is 0 Å². The van der Waals surface area contributed by atoms with E-state index in [2.05, 4.69) is 26.2 Å². The number of carbonyl (C=O) groups excluding carboxylic acids is 1. The fourth-order valence-electron chi connectivity index (χ4n) is 1.81. The molecule has 19 heavy (non-hydrogen) atoms. The van der Waals surface area contributed by atoms with Crippen LogP contribution in [0.2, 0.25) is 0 Å². The van der Waals surface area contributed by atoms with Crippen molar-refractivity contribution in [3.8, 4) is 0 Å². The van der Waals surface area contributed by atoms with Gasteiger partial charge in [-0.1, -0.05) is 37.3 Å². The minimum absolute atomic E-state index is 0.00348. The van der Waals surface area contributed by atoms with Crippen molar-refractivity contribution in [1.29, 1.82) is 0 Å². The fraction of sp³-hybridized carbons (Fsp3) is 0.200. The Kier molecular flexibility index (Phi) is 4.68. The molecular formula is C15H15BrN2O. The van der Waals surface area contributed by atoms with Crippen molar-refractivity contribution in [1.82, 2.24) is 4.98 Å². The van der Waals surface area contributed by atoms with Crippen LogP contribution in [0.1, 0.15) is 12.5 Å². The maximum Gasteiger partial charge on any atom is 0.227 e. The second-order valence-corrected chi connectivity index (χ2v) is 5.39. The quantitative estimate of drug-likeness (QED) is 0.934. The monoisotopic (exact) mass is 318 g/mol. The van der Waals surface area contributed by atoms with Gasteiger partial charge in [0.05, 0.1) is 11.9 Å². The molecule has 1 aromatic carbocycles. The summed E-state index contributed by atoms with van der Waals surface area (Å²) in [6.07, 6.45) is 4.05. The van der Waals surface area contributed by atoms with Crippen LogP contribution >= 0.6 is 15.9 Å². The van der Waals surface area contributed by atoms with E-state index in [0.29, 0.717) is 5.69 Å².